The van der Waals surface area contributed by atoms with Crippen molar-refractivity contribution in [2.45, 2.75) is 42.4 Å². The van der Waals surface area contributed by atoms with Crippen LogP contribution in [0.1, 0.15) is 26.2 Å². The van der Waals surface area contributed by atoms with Gasteiger partial charge in [0.15, 0.2) is 0 Å². The molecule has 21 heavy (non-hydrogen) atoms. The first-order valence-electron chi connectivity index (χ1n) is 7.03. The number of rotatable bonds is 6. The van der Waals surface area contributed by atoms with E-state index in [9.17, 15) is 8.42 Å². The molecule has 1 aromatic carbocycles. The lowest BCUT2D eigenvalue weighted by molar-refractivity contribution is 0.402. The number of anilines is 1. The third kappa shape index (κ3) is 4.05. The van der Waals surface area contributed by atoms with Crippen LogP contribution < -0.4 is 15.2 Å². The summed E-state index contributed by atoms with van der Waals surface area (Å²) in [4.78, 5) is 0.108. The maximum Gasteiger partial charge on any atom is 0.244 e. The molecule has 0 radical (unpaired) electrons. The summed E-state index contributed by atoms with van der Waals surface area (Å²) in [7, 11) is -2.16. The van der Waals surface area contributed by atoms with Crippen molar-refractivity contribution in [3.63, 3.8) is 0 Å². The Hall–Kier alpha value is -0.920. The van der Waals surface area contributed by atoms with Crippen molar-refractivity contribution in [3.05, 3.63) is 18.2 Å². The van der Waals surface area contributed by atoms with Crippen molar-refractivity contribution in [2.24, 2.45) is 0 Å². The summed E-state index contributed by atoms with van der Waals surface area (Å²) in [5.74, 6) is 1.38. The molecular formula is C14H22N2O3S2. The van der Waals surface area contributed by atoms with Gasteiger partial charge in [0.1, 0.15) is 10.6 Å². The smallest absolute Gasteiger partial charge is 0.244 e. The highest BCUT2D eigenvalue weighted by Crippen LogP contribution is 2.32. The lowest BCUT2D eigenvalue weighted by Crippen LogP contribution is -2.33. The van der Waals surface area contributed by atoms with Crippen molar-refractivity contribution in [1.29, 1.82) is 0 Å². The molecule has 7 heteroatoms. The third-order valence-electron chi connectivity index (χ3n) is 3.59. The number of ether oxygens (including phenoxy) is 1. The highest BCUT2D eigenvalue weighted by molar-refractivity contribution is 7.99. The predicted molar refractivity (Wildman–Crippen MR) is 87.3 cm³/mol. The van der Waals surface area contributed by atoms with E-state index in [4.69, 9.17) is 10.5 Å². The van der Waals surface area contributed by atoms with Crippen molar-refractivity contribution in [2.75, 3.05) is 18.6 Å². The average Bonchev–Trinajstić information content (AvgIpc) is 2.86. The fourth-order valence-corrected chi connectivity index (χ4v) is 5.25. The van der Waals surface area contributed by atoms with Crippen LogP contribution >= 0.6 is 11.8 Å². The van der Waals surface area contributed by atoms with E-state index in [2.05, 4.69) is 11.6 Å². The van der Waals surface area contributed by atoms with Gasteiger partial charge in [-0.1, -0.05) is 6.92 Å². The molecule has 1 saturated carbocycles. The monoisotopic (exact) mass is 330 g/mol. The number of nitrogens with two attached hydrogens (primary N) is 1. The van der Waals surface area contributed by atoms with Crippen LogP contribution in [0.2, 0.25) is 0 Å². The second-order valence-electron chi connectivity index (χ2n) is 5.12. The van der Waals surface area contributed by atoms with Crippen molar-refractivity contribution < 1.29 is 13.2 Å². The lowest BCUT2D eigenvalue weighted by atomic mass is 10.3. The Labute approximate surface area is 130 Å². The summed E-state index contributed by atoms with van der Waals surface area (Å²) in [6.07, 6.45) is 2.81. The topological polar surface area (TPSA) is 81.4 Å². The highest BCUT2D eigenvalue weighted by Gasteiger charge is 2.30. The van der Waals surface area contributed by atoms with Crippen LogP contribution in [0.5, 0.6) is 5.75 Å². The van der Waals surface area contributed by atoms with E-state index in [1.165, 1.54) is 13.2 Å². The molecule has 1 fully saturated rings. The minimum absolute atomic E-state index is 0.00909. The Morgan fingerprint density at radius 2 is 2.19 bits per heavy atom. The first kappa shape index (κ1) is 16.5. The van der Waals surface area contributed by atoms with Gasteiger partial charge >= 0.3 is 0 Å². The van der Waals surface area contributed by atoms with Gasteiger partial charge in [-0.2, -0.15) is 11.8 Å². The number of hydrogen-bond acceptors (Lipinski definition) is 5. The molecule has 1 aliphatic carbocycles. The standard InChI is InChI=1S/C14H22N2O3S2/c1-3-20-12-6-5-11(9-12)16-21(17,18)14-8-10(15)4-7-13(14)19-2/h4,7-8,11-12,16H,3,5-6,9,15H2,1-2H3. The average molecular weight is 330 g/mol. The number of nitrogens with one attached hydrogen (secondary N) is 1. The quantitative estimate of drug-likeness (QED) is 0.782. The largest absolute Gasteiger partial charge is 0.495 e. The molecule has 0 amide bonds. The fraction of sp³-hybridized carbons (Fsp3) is 0.571. The number of benzene rings is 1. The number of nitrogen functional groups attached to an aromatic ring is 1. The SMILES string of the molecule is CCSC1CCC(NS(=O)(=O)c2cc(N)ccc2OC)C1. The molecule has 0 spiro atoms. The summed E-state index contributed by atoms with van der Waals surface area (Å²) in [6.45, 7) is 2.12. The van der Waals surface area contributed by atoms with Crippen LogP contribution in [-0.2, 0) is 10.0 Å². The Bertz CT molecular complexity index is 590. The minimum atomic E-state index is -3.61. The van der Waals surface area contributed by atoms with E-state index in [0.717, 1.165) is 25.0 Å². The molecule has 2 rings (SSSR count). The van der Waals surface area contributed by atoms with E-state index < -0.39 is 10.0 Å². The maximum atomic E-state index is 12.5. The van der Waals surface area contributed by atoms with Gasteiger partial charge in [0.25, 0.3) is 0 Å². The van der Waals surface area contributed by atoms with Crippen molar-refractivity contribution in [3.8, 4) is 5.75 Å². The maximum absolute atomic E-state index is 12.5. The second-order valence-corrected chi connectivity index (χ2v) is 8.38. The third-order valence-corrected chi connectivity index (χ3v) is 6.36. The van der Waals surface area contributed by atoms with Crippen LogP contribution in [0.3, 0.4) is 0 Å². The van der Waals surface area contributed by atoms with Gasteiger partial charge < -0.3 is 10.5 Å². The van der Waals surface area contributed by atoms with Crippen molar-refractivity contribution >= 4 is 27.5 Å². The summed E-state index contributed by atoms with van der Waals surface area (Å²) in [5, 5.41) is 0.547. The predicted octanol–water partition coefficient (Wildman–Crippen LogP) is 2.23. The number of thioether (sulfide) groups is 1. The van der Waals surface area contributed by atoms with E-state index in [1.807, 2.05) is 11.8 Å². The number of sulfonamides is 1. The van der Waals surface area contributed by atoms with Crippen LogP contribution in [0, 0.1) is 0 Å². The van der Waals surface area contributed by atoms with E-state index in [1.54, 1.807) is 12.1 Å². The molecule has 0 heterocycles. The zero-order valence-electron chi connectivity index (χ0n) is 12.3. The summed E-state index contributed by atoms with van der Waals surface area (Å²) in [5.41, 5.74) is 6.10. The summed E-state index contributed by atoms with van der Waals surface area (Å²) >= 11 is 1.90. The normalized spacial score (nSPS) is 22.4. The molecule has 3 N–H and O–H groups in total. The Kier molecular flexibility index (Phi) is 5.40. The molecule has 118 valence electrons. The molecule has 0 bridgehead atoms. The number of methoxy groups -OCH3 is 1. The molecule has 1 aliphatic rings. The van der Waals surface area contributed by atoms with Crippen LogP contribution in [0.25, 0.3) is 0 Å². The molecule has 5 nitrogen and oxygen atoms in total. The van der Waals surface area contributed by atoms with Gasteiger partial charge in [-0.25, -0.2) is 13.1 Å². The molecule has 1 aromatic rings. The Balaban J connectivity index is 2.14. The first-order valence-corrected chi connectivity index (χ1v) is 9.57. The Morgan fingerprint density at radius 1 is 1.43 bits per heavy atom. The van der Waals surface area contributed by atoms with Crippen LogP contribution in [0.4, 0.5) is 5.69 Å². The molecule has 0 aliphatic heterocycles. The molecule has 2 atom stereocenters. The number of hydrogen-bond donors (Lipinski definition) is 2. The summed E-state index contributed by atoms with van der Waals surface area (Å²) < 4.78 is 33.0. The van der Waals surface area contributed by atoms with E-state index in [-0.39, 0.29) is 10.9 Å². The summed E-state index contributed by atoms with van der Waals surface area (Å²) in [6, 6.07) is 4.63. The van der Waals surface area contributed by atoms with Crippen LogP contribution in [0.15, 0.2) is 23.1 Å². The molecule has 0 saturated heterocycles. The molecule has 0 aromatic heterocycles. The minimum Gasteiger partial charge on any atom is -0.495 e. The van der Waals surface area contributed by atoms with Gasteiger partial charge in [-0.3, -0.25) is 0 Å². The molecule has 2 unspecified atom stereocenters. The Morgan fingerprint density at radius 3 is 2.86 bits per heavy atom. The van der Waals surface area contributed by atoms with Gasteiger partial charge in [0.2, 0.25) is 10.0 Å². The lowest BCUT2D eigenvalue weighted by Gasteiger charge is -2.15. The van der Waals surface area contributed by atoms with Gasteiger partial charge in [-0.15, -0.1) is 0 Å². The molecular weight excluding hydrogens is 308 g/mol. The van der Waals surface area contributed by atoms with Crippen LogP contribution in [-0.4, -0.2) is 32.6 Å². The zero-order chi connectivity index (χ0) is 15.5. The van der Waals surface area contributed by atoms with Gasteiger partial charge in [-0.05, 0) is 43.2 Å². The fourth-order valence-electron chi connectivity index (χ4n) is 2.62. The van der Waals surface area contributed by atoms with Gasteiger partial charge in [0, 0.05) is 17.0 Å². The first-order chi connectivity index (χ1) is 9.96. The van der Waals surface area contributed by atoms with Crippen molar-refractivity contribution in [1.82, 2.24) is 4.72 Å². The highest BCUT2D eigenvalue weighted by atomic mass is 32.2. The van der Waals surface area contributed by atoms with E-state index in [0.29, 0.717) is 16.7 Å². The second kappa shape index (κ2) is 6.89. The van der Waals surface area contributed by atoms with Gasteiger partial charge in [0.05, 0.1) is 7.11 Å². The zero-order valence-corrected chi connectivity index (χ0v) is 14.0. The van der Waals surface area contributed by atoms with E-state index >= 15 is 0 Å².